The van der Waals surface area contributed by atoms with Crippen molar-refractivity contribution in [2.75, 3.05) is 0 Å². The van der Waals surface area contributed by atoms with Crippen molar-refractivity contribution in [1.82, 2.24) is 0 Å². The molecule has 0 aliphatic rings. The summed E-state index contributed by atoms with van der Waals surface area (Å²) in [6, 6.07) is 0. The van der Waals surface area contributed by atoms with Crippen LogP contribution >= 0.6 is 0 Å². The smallest absolute Gasteiger partial charge is 0.696 e. The maximum absolute atomic E-state index is 7.13. The molecule has 0 aromatic carbocycles. The summed E-state index contributed by atoms with van der Waals surface area (Å²) in [4.78, 5) is 0. The van der Waals surface area contributed by atoms with Crippen molar-refractivity contribution in [3.05, 3.63) is 27.7 Å². The Bertz CT molecular complexity index is 79.8. The summed E-state index contributed by atoms with van der Waals surface area (Å²) in [5.74, 6) is 0. The summed E-state index contributed by atoms with van der Waals surface area (Å²) in [5, 5.41) is 16.9. The quantitative estimate of drug-likeness (QED) is 0.179. The first-order valence-corrected chi connectivity index (χ1v) is 4.50. The first kappa shape index (κ1) is 53.9. The third-order valence-electron chi connectivity index (χ3n) is 0. The summed E-state index contributed by atoms with van der Waals surface area (Å²) in [6.45, 7) is 20.0. The normalized spacial score (nSPS) is 2.38. The second-order valence-electron chi connectivity index (χ2n) is 0.183. The van der Waals surface area contributed by atoms with Crippen LogP contribution in [-0.2, 0) is 70.0 Å². The molecule has 0 saturated carbocycles. The average Bonchev–Trinajstić information content (AvgIpc) is 2.31. The molecule has 2 nitrogen and oxygen atoms in total. The van der Waals surface area contributed by atoms with Crippen molar-refractivity contribution >= 4 is 25.3 Å². The van der Waals surface area contributed by atoms with Crippen LogP contribution in [0.4, 0.5) is 0 Å². The van der Waals surface area contributed by atoms with Gasteiger partial charge in [-0.25, -0.2) is 10.5 Å². The zero-order valence-electron chi connectivity index (χ0n) is 10.1. The van der Waals surface area contributed by atoms with E-state index in [1.165, 1.54) is 10.8 Å². The van der Waals surface area contributed by atoms with E-state index in [0.29, 0.717) is 0 Å². The van der Waals surface area contributed by atoms with E-state index in [9.17, 15) is 0 Å². The van der Waals surface area contributed by atoms with Gasteiger partial charge in [0.15, 0.2) is 0 Å². The molecule has 0 bridgehead atoms. The SMILES string of the molecule is N#C[S-].N#C[S-].[Au+3].[Au+3].[CH2-]C.[CH2-]C.[CH2-]C.[CH2-]C. The molecule has 0 aliphatic heterocycles. The van der Waals surface area contributed by atoms with Gasteiger partial charge in [0.2, 0.25) is 0 Å². The van der Waals surface area contributed by atoms with Crippen LogP contribution in [0.25, 0.3) is 0 Å². The van der Waals surface area contributed by atoms with Crippen LogP contribution in [0.2, 0.25) is 0 Å². The summed E-state index contributed by atoms with van der Waals surface area (Å²) in [5.41, 5.74) is 0. The summed E-state index contributed by atoms with van der Waals surface area (Å²) in [7, 11) is 0. The van der Waals surface area contributed by atoms with Gasteiger partial charge in [-0.3, -0.25) is 0 Å². The van der Waals surface area contributed by atoms with Gasteiger partial charge in [0.25, 0.3) is 0 Å². The van der Waals surface area contributed by atoms with Gasteiger partial charge in [-0.05, 0) is 0 Å². The van der Waals surface area contributed by atoms with E-state index in [0.717, 1.165) is 0 Å². The Balaban J connectivity index is -0.00000000791. The monoisotopic (exact) mass is 626 g/mol. The maximum Gasteiger partial charge on any atom is 3.00 e. The molecule has 0 saturated heterocycles. The average molecular weight is 626 g/mol. The van der Waals surface area contributed by atoms with Gasteiger partial charge in [0.05, 0.1) is 0 Å². The van der Waals surface area contributed by atoms with Gasteiger partial charge in [0, 0.05) is 0 Å². The molecule has 0 fully saturated rings. The molecule has 0 N–H and O–H groups in total. The fraction of sp³-hybridized carbons (Fsp3) is 0.400. The number of hydrogen-bond acceptors (Lipinski definition) is 4. The van der Waals surface area contributed by atoms with Gasteiger partial charge in [0.1, 0.15) is 0 Å². The zero-order valence-corrected chi connectivity index (χ0v) is 16.1. The molecule has 0 aromatic rings. The number of rotatable bonds is 0. The van der Waals surface area contributed by atoms with Gasteiger partial charge < -0.3 is 53.0 Å². The minimum Gasteiger partial charge on any atom is -0.696 e. The van der Waals surface area contributed by atoms with Crippen LogP contribution in [0.15, 0.2) is 0 Å². The van der Waals surface area contributed by atoms with Crippen molar-refractivity contribution < 1.29 is 44.8 Å². The van der Waals surface area contributed by atoms with Gasteiger partial charge >= 0.3 is 44.8 Å². The van der Waals surface area contributed by atoms with Gasteiger partial charge in [-0.15, -0.1) is 0 Å². The van der Waals surface area contributed by atoms with Gasteiger partial charge in [-0.2, -0.15) is 27.7 Å². The Morgan fingerprint density at radius 1 is 0.625 bits per heavy atom. The first-order valence-electron chi connectivity index (χ1n) is 3.68. The molecule has 0 aliphatic carbocycles. The van der Waals surface area contributed by atoms with Gasteiger partial charge in [-0.1, -0.05) is 10.8 Å². The van der Waals surface area contributed by atoms with Crippen LogP contribution in [0.5, 0.6) is 0 Å². The van der Waals surface area contributed by atoms with Crippen molar-refractivity contribution in [2.24, 2.45) is 0 Å². The van der Waals surface area contributed by atoms with Crippen LogP contribution in [0.1, 0.15) is 27.7 Å². The molecular weight excluding hydrogens is 606 g/mol. The minimum absolute atomic E-state index is 0. The second kappa shape index (κ2) is 420. The summed E-state index contributed by atoms with van der Waals surface area (Å²) in [6.07, 6.45) is 0. The molecule has 16 heavy (non-hydrogen) atoms. The Morgan fingerprint density at radius 2 is 0.625 bits per heavy atom. The Hall–Kier alpha value is 0.901. The molecule has 0 amide bonds. The fourth-order valence-electron chi connectivity index (χ4n) is 0. The third kappa shape index (κ3) is 3550. The van der Waals surface area contributed by atoms with Crippen molar-refractivity contribution in [1.29, 1.82) is 10.5 Å². The topological polar surface area (TPSA) is 47.6 Å². The predicted molar refractivity (Wildman–Crippen MR) is 70.1 cm³/mol. The first-order chi connectivity index (χ1) is 6.83. The number of nitrogens with zero attached hydrogens (tertiary/aromatic N) is 2. The van der Waals surface area contributed by atoms with E-state index < -0.39 is 0 Å². The van der Waals surface area contributed by atoms with Crippen LogP contribution in [0.3, 0.4) is 0 Å². The third-order valence-corrected chi connectivity index (χ3v) is 0. The van der Waals surface area contributed by atoms with E-state index in [2.05, 4.69) is 53.0 Å². The second-order valence-corrected chi connectivity index (χ2v) is 0.548. The molecule has 0 rings (SSSR count). The van der Waals surface area contributed by atoms with E-state index in [1.54, 1.807) is 27.7 Å². The standard InChI is InChI=1S/4C2H5.2CHNS.2Au/c4*1-2;2*2-1-3;;/h4*1H2,2H3;2*3H;;/q4*-1;;;2*+3/p-2. The molecule has 0 spiro atoms. The number of hydrogen-bond donors (Lipinski definition) is 0. The van der Waals surface area contributed by atoms with Crippen molar-refractivity contribution in [2.45, 2.75) is 27.7 Å². The molecule has 0 atom stereocenters. The molecule has 0 aromatic heterocycles. The van der Waals surface area contributed by atoms with E-state index in [1.807, 2.05) is 0 Å². The molecule has 0 radical (unpaired) electrons. The number of thiocyanates is 2. The summed E-state index contributed by atoms with van der Waals surface area (Å²) >= 11 is 7.40. The number of nitriles is 2. The van der Waals surface area contributed by atoms with Crippen LogP contribution < -0.4 is 0 Å². The predicted octanol–water partition coefficient (Wildman–Crippen LogP) is 3.39. The molecule has 0 unspecified atom stereocenters. The maximum atomic E-state index is 7.13. The van der Waals surface area contributed by atoms with E-state index in [4.69, 9.17) is 10.5 Å². The summed E-state index contributed by atoms with van der Waals surface area (Å²) < 4.78 is 0. The molecule has 6 heteroatoms. The molecule has 0 heterocycles. The fourth-order valence-corrected chi connectivity index (χ4v) is 0. The zero-order chi connectivity index (χ0) is 13.4. The van der Waals surface area contributed by atoms with Crippen molar-refractivity contribution in [3.8, 4) is 10.8 Å². The van der Waals surface area contributed by atoms with E-state index >= 15 is 0 Å². The Labute approximate surface area is 145 Å². The van der Waals surface area contributed by atoms with Crippen molar-refractivity contribution in [3.63, 3.8) is 0 Å². The molecule has 104 valence electrons. The van der Waals surface area contributed by atoms with E-state index in [-0.39, 0.29) is 44.8 Å². The minimum atomic E-state index is 0. The molecular formula is C10H20Au2N2S2. The Kier molecular flexibility index (Phi) is 1410. The largest absolute Gasteiger partial charge is 3.00 e. The van der Waals surface area contributed by atoms with Crippen LogP contribution in [-0.4, -0.2) is 0 Å². The Morgan fingerprint density at radius 3 is 0.625 bits per heavy atom. The van der Waals surface area contributed by atoms with Crippen LogP contribution in [0, 0.1) is 49.0 Å².